The molecule has 0 radical (unpaired) electrons. The second kappa shape index (κ2) is 13.4. The van der Waals surface area contributed by atoms with Crippen molar-refractivity contribution >= 4 is 10.9 Å². The van der Waals surface area contributed by atoms with Crippen molar-refractivity contribution in [3.8, 4) is 11.5 Å². The summed E-state index contributed by atoms with van der Waals surface area (Å²) >= 11 is 0. The maximum Gasteiger partial charge on any atom is 0.248 e. The topological polar surface area (TPSA) is 81.8 Å². The molecule has 5 rings (SSSR count). The lowest BCUT2D eigenvalue weighted by Crippen LogP contribution is -2.40. The van der Waals surface area contributed by atoms with E-state index >= 15 is 0 Å². The van der Waals surface area contributed by atoms with Crippen molar-refractivity contribution in [1.29, 1.82) is 0 Å². The van der Waals surface area contributed by atoms with Crippen LogP contribution in [-0.4, -0.2) is 44.5 Å². The van der Waals surface area contributed by atoms with Crippen LogP contribution in [-0.2, 0) is 22.7 Å². The molecule has 0 amide bonds. The normalized spacial score (nSPS) is 17.3. The van der Waals surface area contributed by atoms with Crippen LogP contribution in [0.25, 0.3) is 10.9 Å². The van der Waals surface area contributed by atoms with E-state index in [9.17, 15) is 4.79 Å². The smallest absolute Gasteiger partial charge is 0.248 e. The number of piperidine rings is 1. The van der Waals surface area contributed by atoms with Gasteiger partial charge in [0, 0.05) is 36.0 Å². The molecule has 0 saturated carbocycles. The Morgan fingerprint density at radius 2 is 1.77 bits per heavy atom. The summed E-state index contributed by atoms with van der Waals surface area (Å²) in [4.78, 5) is 14.6. The fourth-order valence-corrected chi connectivity index (χ4v) is 5.04. The SMILES string of the molecule is COc1ccccc1COCCCOc1ccc([C@@H]2CCNC[C@H]2OCc2ccc3ccc(=O)[nH]c3c2)cc1. The number of para-hydroxylation sites is 1. The zero-order valence-electron chi connectivity index (χ0n) is 22.4. The van der Waals surface area contributed by atoms with Gasteiger partial charge >= 0.3 is 0 Å². The molecule has 1 fully saturated rings. The van der Waals surface area contributed by atoms with E-state index in [4.69, 9.17) is 18.9 Å². The van der Waals surface area contributed by atoms with Crippen molar-refractivity contribution in [1.82, 2.24) is 10.3 Å². The second-order valence-corrected chi connectivity index (χ2v) is 9.83. The lowest BCUT2D eigenvalue weighted by atomic mass is 9.87. The third-order valence-corrected chi connectivity index (χ3v) is 7.14. The van der Waals surface area contributed by atoms with Crippen molar-refractivity contribution in [3.05, 3.63) is 106 Å². The number of methoxy groups -OCH3 is 1. The van der Waals surface area contributed by atoms with Crippen LogP contribution in [0.3, 0.4) is 0 Å². The lowest BCUT2D eigenvalue weighted by Gasteiger charge is -2.32. The van der Waals surface area contributed by atoms with E-state index in [2.05, 4.69) is 28.5 Å². The molecule has 0 spiro atoms. The van der Waals surface area contributed by atoms with Gasteiger partial charge in [-0.15, -0.1) is 0 Å². The molecule has 1 aliphatic heterocycles. The largest absolute Gasteiger partial charge is 0.496 e. The first-order valence-electron chi connectivity index (χ1n) is 13.6. The van der Waals surface area contributed by atoms with Gasteiger partial charge in [-0.25, -0.2) is 0 Å². The molecule has 39 heavy (non-hydrogen) atoms. The maximum absolute atomic E-state index is 11.7. The lowest BCUT2D eigenvalue weighted by molar-refractivity contribution is 0.0106. The predicted octanol–water partition coefficient (Wildman–Crippen LogP) is 5.18. The van der Waals surface area contributed by atoms with Gasteiger partial charge in [0.2, 0.25) is 5.56 Å². The van der Waals surface area contributed by atoms with Gasteiger partial charge in [-0.3, -0.25) is 4.79 Å². The van der Waals surface area contributed by atoms with Gasteiger partial charge in [0.25, 0.3) is 0 Å². The summed E-state index contributed by atoms with van der Waals surface area (Å²) < 4.78 is 23.5. The second-order valence-electron chi connectivity index (χ2n) is 9.83. The standard InChI is InChI=1S/C32H36N2O5/c1-36-30-6-3-2-5-26(30)22-37-17-4-18-38-27-12-9-24(10-13-27)28-15-16-33-20-31(28)39-21-23-7-8-25-11-14-32(35)34-29(25)19-23/h2-3,5-14,19,28,31,33H,4,15-18,20-22H2,1H3,(H,34,35)/t28-,31+/m0/s1. The number of ether oxygens (including phenoxy) is 4. The molecule has 2 N–H and O–H groups in total. The highest BCUT2D eigenvalue weighted by Gasteiger charge is 2.27. The Hall–Kier alpha value is -3.65. The highest BCUT2D eigenvalue weighted by atomic mass is 16.5. The van der Waals surface area contributed by atoms with E-state index in [1.165, 1.54) is 5.56 Å². The van der Waals surface area contributed by atoms with Crippen LogP contribution >= 0.6 is 0 Å². The number of H-pyrrole nitrogens is 1. The summed E-state index contributed by atoms with van der Waals surface area (Å²) in [5, 5.41) is 4.48. The van der Waals surface area contributed by atoms with Gasteiger partial charge in [0.05, 0.1) is 39.6 Å². The minimum absolute atomic E-state index is 0.0661. The molecule has 204 valence electrons. The van der Waals surface area contributed by atoms with Crippen molar-refractivity contribution in [2.24, 2.45) is 0 Å². The molecule has 0 aliphatic carbocycles. The quantitative estimate of drug-likeness (QED) is 0.247. The third-order valence-electron chi connectivity index (χ3n) is 7.14. The Balaban J connectivity index is 1.09. The number of aromatic nitrogens is 1. The van der Waals surface area contributed by atoms with E-state index in [-0.39, 0.29) is 11.7 Å². The summed E-state index contributed by atoms with van der Waals surface area (Å²) in [6, 6.07) is 25.8. The Kier molecular flexibility index (Phi) is 9.27. The number of fused-ring (bicyclic) bond motifs is 1. The predicted molar refractivity (Wildman–Crippen MR) is 153 cm³/mol. The molecule has 7 heteroatoms. The number of hydrogen-bond donors (Lipinski definition) is 2. The average Bonchev–Trinajstić information content (AvgIpc) is 2.98. The van der Waals surface area contributed by atoms with Gasteiger partial charge in [0.15, 0.2) is 0 Å². The monoisotopic (exact) mass is 528 g/mol. The molecule has 3 aromatic carbocycles. The summed E-state index contributed by atoms with van der Waals surface area (Å²) in [5.74, 6) is 2.02. The first-order chi connectivity index (χ1) is 19.2. The van der Waals surface area contributed by atoms with Crippen molar-refractivity contribution < 1.29 is 18.9 Å². The number of pyridine rings is 1. The van der Waals surface area contributed by atoms with Crippen LogP contribution in [0.2, 0.25) is 0 Å². The van der Waals surface area contributed by atoms with Crippen molar-refractivity contribution in [3.63, 3.8) is 0 Å². The number of nitrogens with one attached hydrogen (secondary N) is 2. The third kappa shape index (κ3) is 7.26. The van der Waals surface area contributed by atoms with E-state index in [1.54, 1.807) is 13.2 Å². The summed E-state index contributed by atoms with van der Waals surface area (Å²) in [6.45, 7) is 4.02. The van der Waals surface area contributed by atoms with Crippen LogP contribution in [0, 0.1) is 0 Å². The molecule has 4 aromatic rings. The van der Waals surface area contributed by atoms with Crippen LogP contribution < -0.4 is 20.3 Å². The van der Waals surface area contributed by atoms with Crippen LogP contribution in [0.5, 0.6) is 11.5 Å². The number of aromatic amines is 1. The van der Waals surface area contributed by atoms with E-state index in [1.807, 2.05) is 54.6 Å². The Morgan fingerprint density at radius 3 is 2.64 bits per heavy atom. The minimum Gasteiger partial charge on any atom is -0.496 e. The Morgan fingerprint density at radius 1 is 0.923 bits per heavy atom. The minimum atomic E-state index is -0.0954. The summed E-state index contributed by atoms with van der Waals surface area (Å²) in [7, 11) is 1.67. The van der Waals surface area contributed by atoms with E-state index in [0.717, 1.165) is 59.5 Å². The van der Waals surface area contributed by atoms with Crippen LogP contribution in [0.4, 0.5) is 0 Å². The van der Waals surface area contributed by atoms with Crippen LogP contribution in [0.15, 0.2) is 83.7 Å². The first-order valence-corrected chi connectivity index (χ1v) is 13.6. The molecule has 1 saturated heterocycles. The molecule has 0 unspecified atom stereocenters. The van der Waals surface area contributed by atoms with Gasteiger partial charge in [-0.2, -0.15) is 0 Å². The first kappa shape index (κ1) is 26.9. The number of benzene rings is 3. The Bertz CT molecular complexity index is 1400. The fourth-order valence-electron chi connectivity index (χ4n) is 5.04. The highest BCUT2D eigenvalue weighted by Crippen LogP contribution is 2.30. The van der Waals surface area contributed by atoms with E-state index in [0.29, 0.717) is 32.3 Å². The molecule has 1 aromatic heterocycles. The van der Waals surface area contributed by atoms with Gasteiger partial charge < -0.3 is 29.2 Å². The molecule has 1 aliphatic rings. The van der Waals surface area contributed by atoms with Crippen molar-refractivity contribution in [2.75, 3.05) is 33.4 Å². The number of hydrogen-bond acceptors (Lipinski definition) is 6. The molecule has 7 nitrogen and oxygen atoms in total. The van der Waals surface area contributed by atoms with Gasteiger partial charge in [-0.1, -0.05) is 42.5 Å². The van der Waals surface area contributed by atoms with E-state index < -0.39 is 0 Å². The van der Waals surface area contributed by atoms with Gasteiger partial charge in [0.1, 0.15) is 11.5 Å². The fraction of sp³-hybridized carbons (Fsp3) is 0.344. The molecule has 2 heterocycles. The molecular weight excluding hydrogens is 492 g/mol. The van der Waals surface area contributed by atoms with Gasteiger partial charge in [-0.05, 0) is 59.8 Å². The average molecular weight is 529 g/mol. The van der Waals surface area contributed by atoms with Crippen molar-refractivity contribution in [2.45, 2.75) is 38.1 Å². The molecule has 0 bridgehead atoms. The van der Waals surface area contributed by atoms with Crippen LogP contribution in [0.1, 0.15) is 35.4 Å². The highest BCUT2D eigenvalue weighted by molar-refractivity contribution is 5.78. The zero-order chi connectivity index (χ0) is 26.9. The number of rotatable bonds is 12. The molecular formula is C32H36N2O5. The maximum atomic E-state index is 11.7. The Labute approximate surface area is 229 Å². The summed E-state index contributed by atoms with van der Waals surface area (Å²) in [6.07, 6.45) is 1.89. The zero-order valence-corrected chi connectivity index (χ0v) is 22.4. The molecule has 2 atom stereocenters. The summed E-state index contributed by atoms with van der Waals surface area (Å²) in [5.41, 5.74) is 4.09.